The molecule has 0 fully saturated rings. The number of nitrogens with zero attached hydrogens (tertiary/aromatic N) is 3. The van der Waals surface area contributed by atoms with Crippen LogP contribution in [0.15, 0.2) is 245 Å². The average Bonchev–Trinajstić information content (AvgIpc) is 4.49. The predicted molar refractivity (Wildman–Crippen MR) is 335 cm³/mol. The van der Waals surface area contributed by atoms with Crippen molar-refractivity contribution in [1.29, 1.82) is 0 Å². The zero-order valence-electron chi connectivity index (χ0n) is 44.7. The molecule has 1 aliphatic rings. The molecule has 0 amide bonds. The monoisotopic (exact) mass is 1030 g/mol. The summed E-state index contributed by atoms with van der Waals surface area (Å²) in [5.41, 5.74) is 23.0. The number of anilines is 6. The van der Waals surface area contributed by atoms with E-state index in [1.54, 1.807) is 0 Å². The largest absolute Gasteiger partial charge is 0.454 e. The fourth-order valence-electron chi connectivity index (χ4n) is 13.9. The van der Waals surface area contributed by atoms with E-state index < -0.39 is 0 Å². The summed E-state index contributed by atoms with van der Waals surface area (Å²) in [6.45, 7) is 9.05. The van der Waals surface area contributed by atoms with E-state index in [0.717, 1.165) is 89.1 Å². The van der Waals surface area contributed by atoms with Gasteiger partial charge in [-0.05, 0) is 143 Å². The van der Waals surface area contributed by atoms with E-state index in [1.165, 1.54) is 82.2 Å². The number of benzene rings is 12. The molecule has 0 bridgehead atoms. The van der Waals surface area contributed by atoms with Gasteiger partial charge in [-0.1, -0.05) is 172 Å². The van der Waals surface area contributed by atoms with Crippen LogP contribution in [-0.4, -0.2) is 4.40 Å². The maximum Gasteiger partial charge on any atom is 0.159 e. The van der Waals surface area contributed by atoms with Crippen molar-refractivity contribution in [3.63, 3.8) is 0 Å². The van der Waals surface area contributed by atoms with Crippen molar-refractivity contribution in [2.45, 2.75) is 33.1 Å². The number of aryl methyl sites for hydroxylation is 2. The Kier molecular flexibility index (Phi) is 9.26. The minimum Gasteiger partial charge on any atom is -0.454 e. The van der Waals surface area contributed by atoms with Gasteiger partial charge in [-0.3, -0.25) is 0 Å². The number of aromatic nitrogens is 1. The maximum absolute atomic E-state index is 6.97. The van der Waals surface area contributed by atoms with Crippen LogP contribution in [0, 0.1) is 13.8 Å². The molecule has 0 atom stereocenters. The first kappa shape index (κ1) is 45.0. The Bertz CT molecular complexity index is 5240. The van der Waals surface area contributed by atoms with Crippen molar-refractivity contribution >= 4 is 127 Å². The third kappa shape index (κ3) is 6.17. The molecule has 0 saturated heterocycles. The van der Waals surface area contributed by atoms with Crippen LogP contribution in [0.5, 0.6) is 0 Å². The molecule has 0 aliphatic heterocycles. The quantitative estimate of drug-likeness (QED) is 0.159. The summed E-state index contributed by atoms with van der Waals surface area (Å²) >= 11 is 0. The topological polar surface area (TPSA) is 37.2 Å². The third-order valence-electron chi connectivity index (χ3n) is 17.7. The Balaban J connectivity index is 0.905. The first-order valence-corrected chi connectivity index (χ1v) is 27.7. The number of fused-ring (bicyclic) bond motifs is 17. The summed E-state index contributed by atoms with van der Waals surface area (Å²) in [5, 5.41) is 11.8. The zero-order chi connectivity index (χ0) is 53.1. The van der Waals surface area contributed by atoms with Gasteiger partial charge in [-0.15, -0.1) is 0 Å². The molecule has 0 spiro atoms. The van der Waals surface area contributed by atoms with Crippen molar-refractivity contribution in [3.8, 4) is 22.3 Å². The molecule has 80 heavy (non-hydrogen) atoms. The number of furan rings is 2. The van der Waals surface area contributed by atoms with Crippen molar-refractivity contribution in [2.75, 3.05) is 9.80 Å². The molecule has 0 N–H and O–H groups in total. The standard InChI is InChI=1S/C75H51N3O2/c1-44-18-14-26-55-57-28-16-30-66(73(57)79-71(44)55)76(49-22-10-6-11-23-49)51-34-36-52-60-43-59-48(41-62(60)75(3,4)63(52)42-51)32-35-53-54-37-39-65(68-61-40-47(46-20-8-5-9-21-46)33-38-64(61)78(69(53)59)70(54)68)77(50-24-12-7-13-25-50)67-31-17-29-58-56-27-15-19-45(2)72(56)80-74(58)67/h5-43H,1-4H3. The molecule has 17 rings (SSSR count). The molecular formula is C75H51N3O2. The Morgan fingerprint density at radius 3 is 1.57 bits per heavy atom. The number of hydrogen-bond acceptors (Lipinski definition) is 4. The van der Waals surface area contributed by atoms with Crippen molar-refractivity contribution in [1.82, 2.24) is 4.40 Å². The first-order chi connectivity index (χ1) is 39.3. The summed E-state index contributed by atoms with van der Waals surface area (Å²) in [7, 11) is 0. The fraction of sp³-hybridized carbons (Fsp3) is 0.0667. The normalized spacial score (nSPS) is 13.1. The van der Waals surface area contributed by atoms with Crippen LogP contribution < -0.4 is 9.80 Å². The highest BCUT2D eigenvalue weighted by atomic mass is 16.3. The summed E-state index contributed by atoms with van der Waals surface area (Å²) in [5.74, 6) is 0. The minimum atomic E-state index is -0.292. The van der Waals surface area contributed by atoms with Gasteiger partial charge >= 0.3 is 0 Å². The van der Waals surface area contributed by atoms with E-state index in [2.05, 4.69) is 278 Å². The minimum absolute atomic E-state index is 0.292. The van der Waals surface area contributed by atoms with Gasteiger partial charge in [-0.2, -0.15) is 0 Å². The highest BCUT2D eigenvalue weighted by Crippen LogP contribution is 2.55. The Morgan fingerprint density at radius 2 is 0.912 bits per heavy atom. The zero-order valence-corrected chi connectivity index (χ0v) is 44.7. The van der Waals surface area contributed by atoms with Gasteiger partial charge in [0.15, 0.2) is 11.2 Å². The lowest BCUT2D eigenvalue weighted by Gasteiger charge is -2.28. The lowest BCUT2D eigenvalue weighted by molar-refractivity contribution is 0.661. The summed E-state index contributed by atoms with van der Waals surface area (Å²) in [6, 6.07) is 86.9. The average molecular weight is 1030 g/mol. The van der Waals surface area contributed by atoms with E-state index >= 15 is 0 Å². The highest BCUT2D eigenvalue weighted by molar-refractivity contribution is 6.31. The van der Waals surface area contributed by atoms with Gasteiger partial charge in [0.05, 0.1) is 33.6 Å². The number of para-hydroxylation sites is 6. The predicted octanol–water partition coefficient (Wildman–Crippen LogP) is 21.3. The van der Waals surface area contributed by atoms with E-state index in [-0.39, 0.29) is 5.41 Å². The second-order valence-electron chi connectivity index (χ2n) is 22.5. The molecule has 0 unspecified atom stereocenters. The van der Waals surface area contributed by atoms with Gasteiger partial charge in [0.1, 0.15) is 11.2 Å². The van der Waals surface area contributed by atoms with Gasteiger partial charge in [0, 0.05) is 71.0 Å². The summed E-state index contributed by atoms with van der Waals surface area (Å²) in [4.78, 5) is 4.80. The SMILES string of the molecule is Cc1cccc2c1oc1c(N(c3ccccc3)c3ccc4c(c3)C(C)(C)c3cc5ccc6c7ccc(N(c8ccccc8)c8cccc9c8oc8c(C)cccc89)c8c9cc(-c%10ccccc%10)ccc9n(c6c5cc3-4)c78)cccc12. The van der Waals surface area contributed by atoms with Crippen LogP contribution >= 0.6 is 0 Å². The molecular weight excluding hydrogens is 975 g/mol. The molecule has 0 radical (unpaired) electrons. The second-order valence-corrected chi connectivity index (χ2v) is 22.5. The number of rotatable bonds is 7. The Hall–Kier alpha value is -10.1. The van der Waals surface area contributed by atoms with E-state index in [0.29, 0.717) is 0 Å². The molecule has 4 heterocycles. The van der Waals surface area contributed by atoms with E-state index in [1.807, 2.05) is 0 Å². The molecule has 5 heteroatoms. The lowest BCUT2D eigenvalue weighted by atomic mass is 9.81. The van der Waals surface area contributed by atoms with E-state index in [9.17, 15) is 0 Å². The van der Waals surface area contributed by atoms with Gasteiger partial charge in [0.2, 0.25) is 0 Å². The van der Waals surface area contributed by atoms with Gasteiger partial charge < -0.3 is 23.0 Å². The van der Waals surface area contributed by atoms with E-state index in [4.69, 9.17) is 8.83 Å². The molecule has 5 nitrogen and oxygen atoms in total. The summed E-state index contributed by atoms with van der Waals surface area (Å²) in [6.07, 6.45) is 0. The number of hydrogen-bond donors (Lipinski definition) is 0. The summed E-state index contributed by atoms with van der Waals surface area (Å²) < 4.78 is 16.4. The molecule has 1 aliphatic carbocycles. The van der Waals surface area contributed by atoms with Crippen LogP contribution in [0.4, 0.5) is 34.1 Å². The molecule has 378 valence electrons. The Morgan fingerprint density at radius 1 is 0.350 bits per heavy atom. The van der Waals surface area contributed by atoms with Crippen LogP contribution in [-0.2, 0) is 5.41 Å². The van der Waals surface area contributed by atoms with Crippen molar-refractivity contribution in [2.24, 2.45) is 0 Å². The van der Waals surface area contributed by atoms with Crippen molar-refractivity contribution < 1.29 is 8.83 Å². The van der Waals surface area contributed by atoms with Crippen molar-refractivity contribution in [3.05, 3.63) is 259 Å². The third-order valence-corrected chi connectivity index (χ3v) is 17.7. The second kappa shape index (κ2) is 16.5. The fourth-order valence-corrected chi connectivity index (χ4v) is 13.9. The van der Waals surface area contributed by atoms with Crippen LogP contribution in [0.3, 0.4) is 0 Å². The molecule has 12 aromatic carbocycles. The highest BCUT2D eigenvalue weighted by Gasteiger charge is 2.37. The molecule has 16 aromatic rings. The molecule has 4 aromatic heterocycles. The smallest absolute Gasteiger partial charge is 0.159 e. The van der Waals surface area contributed by atoms with Gasteiger partial charge in [0.25, 0.3) is 0 Å². The maximum atomic E-state index is 6.97. The Labute approximate surface area is 461 Å². The lowest BCUT2D eigenvalue weighted by Crippen LogP contribution is -2.16. The molecule has 0 saturated carbocycles. The van der Waals surface area contributed by atoms with Crippen LogP contribution in [0.1, 0.15) is 36.1 Å². The first-order valence-electron chi connectivity index (χ1n) is 27.7. The van der Waals surface area contributed by atoms with Gasteiger partial charge in [-0.25, -0.2) is 0 Å². The van der Waals surface area contributed by atoms with Crippen LogP contribution in [0.2, 0.25) is 0 Å². The van der Waals surface area contributed by atoms with Crippen LogP contribution in [0.25, 0.3) is 115 Å².